The Labute approximate surface area is 227 Å². The fourth-order valence-electron chi connectivity index (χ4n) is 4.19. The van der Waals surface area contributed by atoms with Gasteiger partial charge in [-0.1, -0.05) is 35.6 Å². The third kappa shape index (κ3) is 5.68. The molecule has 0 amide bonds. The van der Waals surface area contributed by atoms with Gasteiger partial charge < -0.3 is 18.9 Å². The molecule has 4 rings (SSSR count). The number of esters is 3. The van der Waals surface area contributed by atoms with Gasteiger partial charge in [0.1, 0.15) is 5.75 Å². The van der Waals surface area contributed by atoms with Gasteiger partial charge >= 0.3 is 17.9 Å². The van der Waals surface area contributed by atoms with Crippen LogP contribution in [-0.2, 0) is 19.1 Å². The van der Waals surface area contributed by atoms with Crippen molar-refractivity contribution in [2.45, 2.75) is 33.7 Å². The minimum atomic E-state index is -0.897. The number of carbonyl (C=O) groups is 3. The lowest BCUT2D eigenvalue weighted by atomic mass is 9.95. The Morgan fingerprint density at radius 3 is 2.38 bits per heavy atom. The summed E-state index contributed by atoms with van der Waals surface area (Å²) in [5, 5.41) is 0. The van der Waals surface area contributed by atoms with E-state index >= 15 is 0 Å². The lowest BCUT2D eigenvalue weighted by molar-refractivity contribution is -0.139. The van der Waals surface area contributed by atoms with E-state index in [1.54, 1.807) is 62.4 Å². The molecule has 0 bridgehead atoms. The first-order valence-electron chi connectivity index (χ1n) is 12.0. The van der Waals surface area contributed by atoms with Crippen LogP contribution in [0.5, 0.6) is 17.2 Å². The van der Waals surface area contributed by atoms with Gasteiger partial charge in [0, 0.05) is 19.4 Å². The van der Waals surface area contributed by atoms with Gasteiger partial charge in [-0.25, -0.2) is 9.79 Å². The fourth-order valence-corrected chi connectivity index (χ4v) is 5.23. The largest absolute Gasteiger partial charge is 0.493 e. The summed E-state index contributed by atoms with van der Waals surface area (Å²) in [7, 11) is 1.42. The monoisotopic (exact) mass is 550 g/mol. The number of para-hydroxylation sites is 1. The van der Waals surface area contributed by atoms with Gasteiger partial charge in [0.25, 0.3) is 5.56 Å². The number of hydrogen-bond acceptors (Lipinski definition) is 10. The number of allylic oxidation sites excluding steroid dienone is 1. The molecule has 2 heterocycles. The summed E-state index contributed by atoms with van der Waals surface area (Å²) in [6, 6.07) is 10.7. The standard InChI is InChI=1S/C28H26N2O8S/c1-6-36-27(34)24-15(2)29-28-30(25(24)19-11-12-21(38-17(4)32)22(13-19)35-5)26(33)23(39-28)14-18-9-7-8-10-20(18)37-16(3)31/h7-14,25H,6H2,1-5H3. The minimum Gasteiger partial charge on any atom is -0.493 e. The first kappa shape index (κ1) is 27.5. The number of rotatable bonds is 7. The maximum absolute atomic E-state index is 13.8. The SMILES string of the molecule is CCOC(=O)C1=C(C)N=c2sc(=Cc3ccccc3OC(C)=O)c(=O)n2C1c1ccc(OC(C)=O)c(OC)c1. The van der Waals surface area contributed by atoms with Crippen LogP contribution in [0.2, 0.25) is 0 Å². The van der Waals surface area contributed by atoms with Crippen molar-refractivity contribution < 1.29 is 33.3 Å². The third-order valence-electron chi connectivity index (χ3n) is 5.73. The van der Waals surface area contributed by atoms with Crippen molar-refractivity contribution in [3.05, 3.63) is 84.5 Å². The van der Waals surface area contributed by atoms with Crippen LogP contribution in [0, 0.1) is 0 Å². The number of aromatic nitrogens is 1. The smallest absolute Gasteiger partial charge is 0.338 e. The zero-order chi connectivity index (χ0) is 28.3. The van der Waals surface area contributed by atoms with Crippen molar-refractivity contribution in [3.63, 3.8) is 0 Å². The van der Waals surface area contributed by atoms with Crippen molar-refractivity contribution in [1.29, 1.82) is 0 Å². The fraction of sp³-hybridized carbons (Fsp3) is 0.250. The maximum atomic E-state index is 13.8. The average Bonchev–Trinajstić information content (AvgIpc) is 3.18. The van der Waals surface area contributed by atoms with Crippen molar-refractivity contribution in [3.8, 4) is 17.2 Å². The van der Waals surface area contributed by atoms with Gasteiger partial charge in [0.15, 0.2) is 16.3 Å². The van der Waals surface area contributed by atoms with Crippen LogP contribution in [0.1, 0.15) is 44.9 Å². The topological polar surface area (TPSA) is 122 Å². The Bertz CT molecular complexity index is 1680. The highest BCUT2D eigenvalue weighted by Gasteiger charge is 2.34. The van der Waals surface area contributed by atoms with Crippen LogP contribution in [0.4, 0.5) is 0 Å². The Hall–Kier alpha value is -4.51. The van der Waals surface area contributed by atoms with E-state index in [4.69, 9.17) is 18.9 Å². The van der Waals surface area contributed by atoms with Gasteiger partial charge in [-0.2, -0.15) is 0 Å². The van der Waals surface area contributed by atoms with Gasteiger partial charge in [-0.05, 0) is 43.7 Å². The molecule has 202 valence electrons. The lowest BCUT2D eigenvalue weighted by Gasteiger charge is -2.25. The zero-order valence-electron chi connectivity index (χ0n) is 22.0. The highest BCUT2D eigenvalue weighted by molar-refractivity contribution is 7.07. The van der Waals surface area contributed by atoms with Gasteiger partial charge in [-0.15, -0.1) is 0 Å². The average molecular weight is 551 g/mol. The summed E-state index contributed by atoms with van der Waals surface area (Å²) in [4.78, 5) is 55.0. The quantitative estimate of drug-likeness (QED) is 0.325. The summed E-state index contributed by atoms with van der Waals surface area (Å²) in [5.74, 6) is -0.869. The number of benzene rings is 2. The summed E-state index contributed by atoms with van der Waals surface area (Å²) in [6.45, 7) is 6.07. The molecule has 39 heavy (non-hydrogen) atoms. The molecule has 1 atom stereocenters. The first-order chi connectivity index (χ1) is 18.6. The zero-order valence-corrected chi connectivity index (χ0v) is 22.8. The lowest BCUT2D eigenvalue weighted by Crippen LogP contribution is -2.40. The molecule has 3 aromatic rings. The van der Waals surface area contributed by atoms with Crippen LogP contribution >= 0.6 is 11.3 Å². The van der Waals surface area contributed by atoms with E-state index in [-0.39, 0.29) is 23.7 Å². The molecular formula is C28H26N2O8S. The highest BCUT2D eigenvalue weighted by Crippen LogP contribution is 2.36. The highest BCUT2D eigenvalue weighted by atomic mass is 32.1. The number of thiazole rings is 1. The number of methoxy groups -OCH3 is 1. The molecule has 1 aromatic heterocycles. The molecule has 0 aliphatic carbocycles. The van der Waals surface area contributed by atoms with Crippen LogP contribution in [0.25, 0.3) is 6.08 Å². The van der Waals surface area contributed by atoms with Gasteiger partial charge in [0.2, 0.25) is 0 Å². The molecule has 0 saturated carbocycles. The molecule has 0 fully saturated rings. The van der Waals surface area contributed by atoms with Crippen LogP contribution in [0.15, 0.2) is 63.5 Å². The Morgan fingerprint density at radius 2 is 1.72 bits per heavy atom. The van der Waals surface area contributed by atoms with Crippen molar-refractivity contribution >= 4 is 35.3 Å². The number of hydrogen-bond donors (Lipinski definition) is 0. The molecule has 2 aromatic carbocycles. The number of fused-ring (bicyclic) bond motifs is 1. The van der Waals surface area contributed by atoms with E-state index in [1.807, 2.05) is 0 Å². The molecule has 10 nitrogen and oxygen atoms in total. The predicted molar refractivity (Wildman–Crippen MR) is 142 cm³/mol. The molecule has 0 spiro atoms. The summed E-state index contributed by atoms with van der Waals surface area (Å²) in [6.07, 6.45) is 1.62. The van der Waals surface area contributed by atoms with E-state index < -0.39 is 29.5 Å². The van der Waals surface area contributed by atoms with Crippen molar-refractivity contribution in [1.82, 2.24) is 4.57 Å². The molecule has 11 heteroatoms. The predicted octanol–water partition coefficient (Wildman–Crippen LogP) is 2.66. The van der Waals surface area contributed by atoms with Crippen molar-refractivity contribution in [2.24, 2.45) is 4.99 Å². The molecule has 1 aliphatic heterocycles. The summed E-state index contributed by atoms with van der Waals surface area (Å²) in [5.41, 5.74) is 1.24. The number of ether oxygens (including phenoxy) is 4. The van der Waals surface area contributed by atoms with Gasteiger partial charge in [-0.3, -0.25) is 19.0 Å². The number of nitrogens with zero attached hydrogens (tertiary/aromatic N) is 2. The van der Waals surface area contributed by atoms with Crippen LogP contribution in [0.3, 0.4) is 0 Å². The van der Waals surface area contributed by atoms with E-state index in [0.717, 1.165) is 11.3 Å². The molecule has 1 unspecified atom stereocenters. The third-order valence-corrected chi connectivity index (χ3v) is 6.72. The Balaban J connectivity index is 1.95. The van der Waals surface area contributed by atoms with E-state index in [2.05, 4.69) is 4.99 Å². The van der Waals surface area contributed by atoms with Crippen LogP contribution < -0.4 is 29.1 Å². The van der Waals surface area contributed by atoms with Gasteiger partial charge in [0.05, 0.1) is 35.6 Å². The second-order valence-electron chi connectivity index (χ2n) is 8.44. The van der Waals surface area contributed by atoms with Crippen LogP contribution in [-0.4, -0.2) is 36.2 Å². The Morgan fingerprint density at radius 1 is 1.03 bits per heavy atom. The summed E-state index contributed by atoms with van der Waals surface area (Å²) < 4.78 is 23.0. The van der Waals surface area contributed by atoms with E-state index in [9.17, 15) is 19.2 Å². The normalized spacial score (nSPS) is 14.8. The first-order valence-corrected chi connectivity index (χ1v) is 12.8. The van der Waals surface area contributed by atoms with E-state index in [0.29, 0.717) is 31.9 Å². The second kappa shape index (κ2) is 11.5. The minimum absolute atomic E-state index is 0.133. The molecule has 0 radical (unpaired) electrons. The molecule has 0 N–H and O–H groups in total. The number of carbonyl (C=O) groups excluding carboxylic acids is 3. The second-order valence-corrected chi connectivity index (χ2v) is 9.45. The molecule has 1 aliphatic rings. The molecular weight excluding hydrogens is 524 g/mol. The molecule has 0 saturated heterocycles. The maximum Gasteiger partial charge on any atom is 0.338 e. The van der Waals surface area contributed by atoms with Crippen molar-refractivity contribution in [2.75, 3.05) is 13.7 Å². The van der Waals surface area contributed by atoms with E-state index in [1.165, 1.54) is 25.5 Å². The Kier molecular flexibility index (Phi) is 8.10. The summed E-state index contributed by atoms with van der Waals surface area (Å²) >= 11 is 1.14.